The zero-order valence-corrected chi connectivity index (χ0v) is 14.8. The average molecular weight is 355 g/mol. The monoisotopic (exact) mass is 354 g/mol. The second-order valence-corrected chi connectivity index (χ2v) is 7.40. The molecule has 2 saturated carbocycles. The molecule has 1 unspecified atom stereocenters. The highest BCUT2D eigenvalue weighted by molar-refractivity contribution is 7.80. The first-order valence-electron chi connectivity index (χ1n) is 8.17. The number of carbonyl (C=O) groups excluding carboxylic acids is 2. The number of carbonyl (C=O) groups is 2. The van der Waals surface area contributed by atoms with E-state index >= 15 is 0 Å². The van der Waals surface area contributed by atoms with Crippen LogP contribution in [0.2, 0.25) is 0 Å². The summed E-state index contributed by atoms with van der Waals surface area (Å²) >= 11 is 10.7. The lowest BCUT2D eigenvalue weighted by Gasteiger charge is -2.41. The minimum atomic E-state index is 0.0387. The molecule has 2 N–H and O–H groups in total. The van der Waals surface area contributed by atoms with E-state index in [1.807, 2.05) is 16.7 Å². The van der Waals surface area contributed by atoms with Gasteiger partial charge in [0.2, 0.25) is 11.8 Å². The molecule has 0 aromatic heterocycles. The van der Waals surface area contributed by atoms with Crippen LogP contribution in [0.5, 0.6) is 0 Å². The molecule has 126 valence electrons. The first kappa shape index (κ1) is 16.6. The molecule has 8 heteroatoms. The van der Waals surface area contributed by atoms with Gasteiger partial charge in [-0.25, -0.2) is 0 Å². The van der Waals surface area contributed by atoms with Crippen molar-refractivity contribution in [2.75, 3.05) is 19.6 Å². The third-order valence-corrected chi connectivity index (χ3v) is 5.23. The van der Waals surface area contributed by atoms with E-state index in [9.17, 15) is 9.59 Å². The predicted molar refractivity (Wildman–Crippen MR) is 94.7 cm³/mol. The number of rotatable bonds is 2. The van der Waals surface area contributed by atoms with Gasteiger partial charge in [0.05, 0.1) is 0 Å². The summed E-state index contributed by atoms with van der Waals surface area (Å²) in [5, 5.41) is 6.67. The molecule has 0 aromatic rings. The van der Waals surface area contributed by atoms with Gasteiger partial charge in [-0.15, -0.1) is 0 Å². The van der Waals surface area contributed by atoms with Crippen LogP contribution in [0.3, 0.4) is 0 Å². The fraction of sp³-hybridized carbons (Fsp3) is 0.733. The predicted octanol–water partition coefficient (Wildman–Crippen LogP) is 0.615. The molecule has 0 aromatic carbocycles. The van der Waals surface area contributed by atoms with Gasteiger partial charge >= 0.3 is 0 Å². The third-order valence-electron chi connectivity index (χ3n) is 4.53. The fourth-order valence-electron chi connectivity index (χ4n) is 2.70. The Bertz CT molecular complexity index is 546. The van der Waals surface area contributed by atoms with Crippen molar-refractivity contribution in [1.82, 2.24) is 20.4 Å². The second-order valence-electron chi connectivity index (χ2n) is 6.63. The molecule has 1 saturated heterocycles. The first-order valence-corrected chi connectivity index (χ1v) is 8.98. The van der Waals surface area contributed by atoms with E-state index in [0.29, 0.717) is 29.9 Å². The molecule has 3 fully saturated rings. The molecule has 3 aliphatic rings. The molecule has 2 amide bonds. The van der Waals surface area contributed by atoms with Gasteiger partial charge < -0.3 is 20.4 Å². The Balaban J connectivity index is 1.47. The van der Waals surface area contributed by atoms with E-state index in [-0.39, 0.29) is 29.7 Å². The van der Waals surface area contributed by atoms with Gasteiger partial charge in [0, 0.05) is 37.5 Å². The van der Waals surface area contributed by atoms with Crippen molar-refractivity contribution in [3.05, 3.63) is 0 Å². The van der Waals surface area contributed by atoms with Gasteiger partial charge in [-0.1, -0.05) is 0 Å². The second kappa shape index (κ2) is 6.68. The van der Waals surface area contributed by atoms with Gasteiger partial charge in [0.1, 0.15) is 0 Å². The van der Waals surface area contributed by atoms with Crippen LogP contribution in [0.4, 0.5) is 0 Å². The van der Waals surface area contributed by atoms with Crippen LogP contribution >= 0.6 is 24.4 Å². The molecule has 2 aliphatic carbocycles. The van der Waals surface area contributed by atoms with Crippen molar-refractivity contribution < 1.29 is 9.59 Å². The Labute approximate surface area is 146 Å². The maximum atomic E-state index is 11.8. The lowest BCUT2D eigenvalue weighted by Crippen LogP contribution is -2.60. The molecule has 23 heavy (non-hydrogen) atoms. The average Bonchev–Trinajstić information content (AvgIpc) is 3.39. The van der Waals surface area contributed by atoms with Gasteiger partial charge in [0.15, 0.2) is 10.2 Å². The van der Waals surface area contributed by atoms with Crippen LogP contribution in [-0.4, -0.2) is 57.5 Å². The van der Waals surface area contributed by atoms with Crippen LogP contribution in [0, 0.1) is 11.8 Å². The summed E-state index contributed by atoms with van der Waals surface area (Å²) in [4.78, 5) is 27.7. The highest BCUT2D eigenvalue weighted by atomic mass is 32.1. The number of hydrogen-bond donors (Lipinski definition) is 2. The van der Waals surface area contributed by atoms with E-state index in [2.05, 4.69) is 10.6 Å². The summed E-state index contributed by atoms with van der Waals surface area (Å²) in [5.41, 5.74) is 0. The lowest BCUT2D eigenvalue weighted by atomic mass is 10.2. The Kier molecular flexibility index (Phi) is 4.82. The quantitative estimate of drug-likeness (QED) is 0.709. The molecule has 0 radical (unpaired) electrons. The SMILES string of the molecule is CC1CN(C(=S)NC(=O)C2CC2)CCN1C(=S)NC(=O)C1CC1. The van der Waals surface area contributed by atoms with Crippen molar-refractivity contribution >= 4 is 46.5 Å². The largest absolute Gasteiger partial charge is 0.345 e. The van der Waals surface area contributed by atoms with Gasteiger partial charge in [-0.2, -0.15) is 0 Å². The minimum Gasteiger partial charge on any atom is -0.345 e. The Morgan fingerprint density at radius 3 is 1.91 bits per heavy atom. The van der Waals surface area contributed by atoms with Crippen molar-refractivity contribution in [1.29, 1.82) is 0 Å². The Morgan fingerprint density at radius 2 is 1.43 bits per heavy atom. The van der Waals surface area contributed by atoms with Crippen LogP contribution in [0.15, 0.2) is 0 Å². The van der Waals surface area contributed by atoms with Crippen molar-refractivity contribution in [3.8, 4) is 0 Å². The molecule has 3 rings (SSSR count). The Morgan fingerprint density at radius 1 is 0.913 bits per heavy atom. The van der Waals surface area contributed by atoms with E-state index in [4.69, 9.17) is 24.4 Å². The van der Waals surface area contributed by atoms with Gasteiger partial charge in [-0.3, -0.25) is 9.59 Å². The molecule has 6 nitrogen and oxygen atoms in total. The zero-order valence-electron chi connectivity index (χ0n) is 13.2. The molecule has 1 aliphatic heterocycles. The summed E-state index contributed by atoms with van der Waals surface area (Å²) in [6.07, 6.45) is 3.86. The third kappa shape index (κ3) is 4.17. The van der Waals surface area contributed by atoms with Crippen LogP contribution in [-0.2, 0) is 9.59 Å². The summed E-state index contributed by atoms with van der Waals surface area (Å²) < 4.78 is 0. The maximum absolute atomic E-state index is 11.8. The van der Waals surface area contributed by atoms with Gasteiger partial charge in [-0.05, 0) is 57.0 Å². The number of nitrogens with one attached hydrogen (secondary N) is 2. The fourth-order valence-corrected chi connectivity index (χ4v) is 3.34. The molecular weight excluding hydrogens is 332 g/mol. The smallest absolute Gasteiger partial charge is 0.229 e. The molecule has 1 heterocycles. The van der Waals surface area contributed by atoms with Gasteiger partial charge in [0.25, 0.3) is 0 Å². The van der Waals surface area contributed by atoms with E-state index in [1.54, 1.807) is 0 Å². The standard InChI is InChI=1S/C15H22N4O2S2/c1-9-8-18(14(22)16-12(20)10-2-3-10)6-7-19(9)15(23)17-13(21)11-4-5-11/h9-11H,2-8H2,1H3,(H,16,20,22)(H,17,21,23). The number of nitrogens with zero attached hydrogens (tertiary/aromatic N) is 2. The first-order chi connectivity index (χ1) is 11.0. The van der Waals surface area contributed by atoms with Crippen LogP contribution in [0.25, 0.3) is 0 Å². The van der Waals surface area contributed by atoms with E-state index in [0.717, 1.165) is 25.7 Å². The highest BCUT2D eigenvalue weighted by Gasteiger charge is 2.34. The highest BCUT2D eigenvalue weighted by Crippen LogP contribution is 2.29. The van der Waals surface area contributed by atoms with Crippen LogP contribution < -0.4 is 10.6 Å². The lowest BCUT2D eigenvalue weighted by molar-refractivity contribution is -0.121. The number of hydrogen-bond acceptors (Lipinski definition) is 4. The summed E-state index contributed by atoms with van der Waals surface area (Å²) in [5.74, 6) is 0.376. The zero-order chi connectivity index (χ0) is 16.6. The van der Waals surface area contributed by atoms with E-state index in [1.165, 1.54) is 0 Å². The molecule has 0 spiro atoms. The normalized spacial score (nSPS) is 24.1. The van der Waals surface area contributed by atoms with Crippen LogP contribution in [0.1, 0.15) is 32.6 Å². The maximum Gasteiger partial charge on any atom is 0.229 e. The summed E-state index contributed by atoms with van der Waals surface area (Å²) in [6.45, 7) is 4.11. The molecular formula is C15H22N4O2S2. The summed E-state index contributed by atoms with van der Waals surface area (Å²) in [6, 6.07) is 0.131. The number of piperazine rings is 1. The van der Waals surface area contributed by atoms with E-state index < -0.39 is 0 Å². The molecule has 1 atom stereocenters. The van der Waals surface area contributed by atoms with Crippen molar-refractivity contribution in [2.45, 2.75) is 38.6 Å². The topological polar surface area (TPSA) is 64.7 Å². The summed E-state index contributed by atoms with van der Waals surface area (Å²) in [7, 11) is 0. The van der Waals surface area contributed by atoms with Crippen molar-refractivity contribution in [3.63, 3.8) is 0 Å². The Hall–Kier alpha value is -1.28. The minimum absolute atomic E-state index is 0.0387. The number of amides is 2. The molecule has 0 bridgehead atoms. The van der Waals surface area contributed by atoms with Crippen molar-refractivity contribution in [2.24, 2.45) is 11.8 Å². The number of thiocarbonyl (C=S) groups is 2.